The summed E-state index contributed by atoms with van der Waals surface area (Å²) >= 11 is 0. The van der Waals surface area contributed by atoms with Crippen molar-refractivity contribution in [3.05, 3.63) is 125 Å². The van der Waals surface area contributed by atoms with Crippen LogP contribution in [0.5, 0.6) is 11.5 Å². The molecule has 19 heteroatoms. The molecule has 3 aliphatic rings. The van der Waals surface area contributed by atoms with E-state index in [0.29, 0.717) is 78.5 Å². The van der Waals surface area contributed by atoms with Crippen molar-refractivity contribution >= 4 is 34.9 Å². The van der Waals surface area contributed by atoms with Gasteiger partial charge in [0.2, 0.25) is 0 Å². The number of anilines is 2. The molecule has 0 spiro atoms. The van der Waals surface area contributed by atoms with Crippen LogP contribution in [-0.4, -0.2) is 122 Å². The summed E-state index contributed by atoms with van der Waals surface area (Å²) in [5, 5.41) is 41.8. The second-order valence-electron chi connectivity index (χ2n) is 17.1. The van der Waals surface area contributed by atoms with Crippen LogP contribution >= 0.6 is 0 Å². The molecule has 5 aromatic rings. The molecule has 2 aromatic heterocycles. The molecule has 71 heavy (non-hydrogen) atoms. The molecular formula is C52H56F3N11O5. The van der Waals surface area contributed by atoms with E-state index in [2.05, 4.69) is 38.0 Å². The number of aliphatic hydroxyl groups is 2. The second-order valence-corrected chi connectivity index (χ2v) is 17.1. The molecule has 5 heterocycles. The summed E-state index contributed by atoms with van der Waals surface area (Å²) in [5.74, 6) is 2.99. The topological polar surface area (TPSA) is 198 Å². The van der Waals surface area contributed by atoms with E-state index < -0.39 is 24.1 Å². The minimum Gasteiger partial charge on any atom is -0.491 e. The van der Waals surface area contributed by atoms with Gasteiger partial charge in [-0.2, -0.15) is 18.4 Å². The van der Waals surface area contributed by atoms with Crippen LogP contribution in [0.15, 0.2) is 113 Å². The van der Waals surface area contributed by atoms with E-state index in [1.165, 1.54) is 6.07 Å². The summed E-state index contributed by atoms with van der Waals surface area (Å²) in [7, 11) is 3.50. The zero-order valence-corrected chi connectivity index (χ0v) is 39.4. The predicted octanol–water partition coefficient (Wildman–Crippen LogP) is 4.76. The third-order valence-electron chi connectivity index (χ3n) is 11.8. The Labute approximate surface area is 409 Å². The van der Waals surface area contributed by atoms with Crippen molar-refractivity contribution in [3.63, 3.8) is 0 Å². The Morgan fingerprint density at radius 3 is 2.30 bits per heavy atom. The monoisotopic (exact) mass is 971 g/mol. The van der Waals surface area contributed by atoms with E-state index >= 15 is 0 Å². The van der Waals surface area contributed by atoms with Gasteiger partial charge in [0.25, 0.3) is 0 Å². The maximum absolute atomic E-state index is 13.6. The fourth-order valence-corrected chi connectivity index (χ4v) is 8.27. The van der Waals surface area contributed by atoms with Crippen LogP contribution in [0.25, 0.3) is 34.4 Å². The van der Waals surface area contributed by atoms with Crippen molar-refractivity contribution in [2.75, 3.05) is 76.6 Å². The van der Waals surface area contributed by atoms with Gasteiger partial charge in [-0.1, -0.05) is 42.5 Å². The largest absolute Gasteiger partial charge is 0.491 e. The van der Waals surface area contributed by atoms with Crippen molar-refractivity contribution < 1.29 is 37.6 Å². The molecule has 1 saturated heterocycles. The summed E-state index contributed by atoms with van der Waals surface area (Å²) < 4.78 is 58.3. The smallest absolute Gasteiger partial charge is 0.433 e. The van der Waals surface area contributed by atoms with E-state index in [0.717, 1.165) is 52.5 Å². The number of hydrogen-bond acceptors (Lipinski definition) is 15. The van der Waals surface area contributed by atoms with E-state index in [-0.39, 0.29) is 44.7 Å². The lowest BCUT2D eigenvalue weighted by atomic mass is 10.1. The molecule has 0 amide bonds. The van der Waals surface area contributed by atoms with Gasteiger partial charge in [-0.05, 0) is 75.5 Å². The highest BCUT2D eigenvalue weighted by Gasteiger charge is 2.32. The number of benzene rings is 3. The van der Waals surface area contributed by atoms with Gasteiger partial charge in [-0.15, -0.1) is 0 Å². The number of nitrogens with one attached hydrogen (secondary N) is 3. The maximum atomic E-state index is 13.6. The molecule has 3 aliphatic heterocycles. The molecule has 2 atom stereocenters. The number of rotatable bonds is 19. The minimum absolute atomic E-state index is 0.0298. The van der Waals surface area contributed by atoms with Gasteiger partial charge in [-0.3, -0.25) is 9.98 Å². The number of pyridine rings is 1. The number of aliphatic hydroxyl groups excluding tert-OH is 2. The van der Waals surface area contributed by atoms with Crippen LogP contribution < -0.4 is 45.7 Å². The lowest BCUT2D eigenvalue weighted by Gasteiger charge is -2.32. The van der Waals surface area contributed by atoms with Crippen LogP contribution in [-0.2, 0) is 10.9 Å². The van der Waals surface area contributed by atoms with Crippen LogP contribution in [0.2, 0.25) is 0 Å². The van der Waals surface area contributed by atoms with Crippen molar-refractivity contribution in [1.82, 2.24) is 30.9 Å². The third-order valence-corrected chi connectivity index (χ3v) is 11.8. The summed E-state index contributed by atoms with van der Waals surface area (Å²) in [4.78, 5) is 27.7. The molecule has 1 fully saturated rings. The van der Waals surface area contributed by atoms with Crippen LogP contribution in [0, 0.1) is 11.3 Å². The van der Waals surface area contributed by atoms with Crippen molar-refractivity contribution in [2.45, 2.75) is 50.1 Å². The average molecular weight is 972 g/mol. The van der Waals surface area contributed by atoms with Gasteiger partial charge >= 0.3 is 6.18 Å². The van der Waals surface area contributed by atoms with Gasteiger partial charge in [0, 0.05) is 90.6 Å². The number of amidine groups is 2. The minimum atomic E-state index is -4.63. The Kier molecular flexibility index (Phi) is 16.7. The molecule has 0 saturated carbocycles. The lowest BCUT2D eigenvalue weighted by molar-refractivity contribution is -0.141. The molecule has 3 aromatic carbocycles. The van der Waals surface area contributed by atoms with E-state index in [9.17, 15) is 28.6 Å². The first-order valence-corrected chi connectivity index (χ1v) is 23.4. The molecule has 2 unspecified atom stereocenters. The first kappa shape index (κ1) is 50.2. The number of halogens is 3. The SMILES string of the molecule is CNCC(O)COc1cccc(C2=NC(=NC3CCOCC3)CC(=c3cccc4c3=CC=CN4CN(CCC#N)c3cc(-c4ccc(C(F)(F)F)nc4)nc(-c4cccc(OCC(O)CNC)c4)n3)N2)c1. The highest BCUT2D eigenvalue weighted by molar-refractivity contribution is 6.13. The number of aliphatic imine (C=N–C) groups is 2. The fraction of sp³-hybridized carbons (Fsp3) is 0.346. The van der Waals surface area contributed by atoms with Crippen molar-refractivity contribution in [3.8, 4) is 40.2 Å². The highest BCUT2D eigenvalue weighted by atomic mass is 19.4. The van der Waals surface area contributed by atoms with Gasteiger partial charge in [0.15, 0.2) is 5.82 Å². The first-order valence-electron chi connectivity index (χ1n) is 23.4. The molecule has 5 N–H and O–H groups in total. The van der Waals surface area contributed by atoms with Crippen LogP contribution in [0.1, 0.15) is 36.9 Å². The average Bonchev–Trinajstić information content (AvgIpc) is 3.38. The number of ether oxygens (including phenoxy) is 3. The fourth-order valence-electron chi connectivity index (χ4n) is 8.27. The van der Waals surface area contributed by atoms with Crippen molar-refractivity contribution in [1.29, 1.82) is 5.26 Å². The van der Waals surface area contributed by atoms with E-state index in [1.807, 2.05) is 59.7 Å². The van der Waals surface area contributed by atoms with E-state index in [1.54, 1.807) is 44.4 Å². The molecule has 16 nitrogen and oxygen atoms in total. The number of hydrogen-bond donors (Lipinski definition) is 5. The number of alkyl halides is 3. The molecule has 0 aliphatic carbocycles. The first-order chi connectivity index (χ1) is 34.5. The van der Waals surface area contributed by atoms with Gasteiger partial charge in [0.05, 0.1) is 36.6 Å². The number of aromatic nitrogens is 3. The zero-order chi connectivity index (χ0) is 49.7. The second kappa shape index (κ2) is 23.6. The van der Waals surface area contributed by atoms with Gasteiger partial charge < -0.3 is 50.2 Å². The normalized spacial score (nSPS) is 17.1. The summed E-state index contributed by atoms with van der Waals surface area (Å²) in [6.45, 7) is 2.61. The Balaban J connectivity index is 1.16. The zero-order valence-electron chi connectivity index (χ0n) is 39.4. The molecule has 0 bridgehead atoms. The summed E-state index contributed by atoms with van der Waals surface area (Å²) in [6, 6.07) is 26.9. The Bertz CT molecular complexity index is 2900. The number of allylic oxidation sites excluding steroid dienone is 1. The predicted molar refractivity (Wildman–Crippen MR) is 266 cm³/mol. The Morgan fingerprint density at radius 1 is 0.915 bits per heavy atom. The quantitative estimate of drug-likeness (QED) is 0.0760. The third kappa shape index (κ3) is 13.2. The molecule has 0 radical (unpaired) electrons. The lowest BCUT2D eigenvalue weighted by Crippen LogP contribution is -2.44. The van der Waals surface area contributed by atoms with E-state index in [4.69, 9.17) is 34.2 Å². The number of fused-ring (bicyclic) bond motifs is 1. The molecular weight excluding hydrogens is 916 g/mol. The molecule has 8 rings (SSSR count). The maximum Gasteiger partial charge on any atom is 0.433 e. The van der Waals surface area contributed by atoms with Gasteiger partial charge in [-0.25, -0.2) is 15.0 Å². The number of likely N-dealkylation sites (N-methyl/N-ethyl adjacent to an activating group) is 2. The van der Waals surface area contributed by atoms with Crippen LogP contribution in [0.4, 0.5) is 24.7 Å². The Hall–Kier alpha value is -7.21. The summed E-state index contributed by atoms with van der Waals surface area (Å²) in [5.41, 5.74) is 2.70. The van der Waals surface area contributed by atoms with Crippen molar-refractivity contribution in [2.24, 2.45) is 9.98 Å². The highest BCUT2D eigenvalue weighted by Crippen LogP contribution is 2.32. The molecule has 370 valence electrons. The standard InChI is InChI=1S/C52H56F3N11O5/c1-57-29-38(67)31-70-40-10-3-8-34(24-40)50-62-45(26-48(63-50)60-37-17-22-69-23-18-37)42-12-5-14-46-43(42)13-6-20-65(46)33-66(21-7-19-56)49-27-44(36-15-16-47(59-28-36)52(53,54)55)61-51(64-49)35-9-4-11-41(25-35)71-32-39(68)30-58-2/h3-6,8-16,20,24-25,27-28,37-39,57-58,67-68H,7,17-18,21-23,26,29-33H2,1-2H3,(H,60,62,63). The van der Waals surface area contributed by atoms with Gasteiger partial charge in [0.1, 0.15) is 60.1 Å². The summed E-state index contributed by atoms with van der Waals surface area (Å²) in [6.07, 6.45) is 3.18. The van der Waals surface area contributed by atoms with Crippen LogP contribution in [0.3, 0.4) is 0 Å². The Morgan fingerprint density at radius 2 is 1.62 bits per heavy atom. The number of nitriles is 1. The number of nitrogens with zero attached hydrogens (tertiary/aromatic N) is 8.